The van der Waals surface area contributed by atoms with Crippen molar-refractivity contribution in [1.82, 2.24) is 0 Å². The Kier molecular flexibility index (Phi) is 4.95. The number of carbonyl (C=O) groups is 1. The minimum absolute atomic E-state index is 0.0231. The summed E-state index contributed by atoms with van der Waals surface area (Å²) >= 11 is 0. The second kappa shape index (κ2) is 5.23. The lowest BCUT2D eigenvalue weighted by molar-refractivity contribution is -0.123. The molecule has 0 rings (SSSR count). The second-order valence-electron chi connectivity index (χ2n) is 4.90. The van der Waals surface area contributed by atoms with Crippen LogP contribution >= 0.6 is 0 Å². The number of ketones is 1. The zero-order valence-electron chi connectivity index (χ0n) is 9.92. The summed E-state index contributed by atoms with van der Waals surface area (Å²) < 4.78 is 0. The van der Waals surface area contributed by atoms with Crippen molar-refractivity contribution < 1.29 is 4.79 Å². The monoisotopic (exact) mass is 198 g/mol. The van der Waals surface area contributed by atoms with Crippen LogP contribution in [0.2, 0.25) is 0 Å². The van der Waals surface area contributed by atoms with E-state index in [2.05, 4.69) is 32.8 Å². The van der Waals surface area contributed by atoms with Crippen molar-refractivity contribution in [1.29, 1.82) is 5.53 Å². The van der Waals surface area contributed by atoms with E-state index in [0.717, 1.165) is 0 Å². The van der Waals surface area contributed by atoms with E-state index < -0.39 is 5.54 Å². The third-order valence-corrected chi connectivity index (χ3v) is 2.36. The zero-order chi connectivity index (χ0) is 11.4. The molecule has 0 heterocycles. The Morgan fingerprint density at radius 2 is 1.57 bits per heavy atom. The third kappa shape index (κ3) is 3.56. The van der Waals surface area contributed by atoms with E-state index in [4.69, 9.17) is 5.53 Å². The highest BCUT2D eigenvalue weighted by Crippen LogP contribution is 2.29. The summed E-state index contributed by atoms with van der Waals surface area (Å²) in [7, 11) is 0. The Morgan fingerprint density at radius 3 is 1.71 bits per heavy atom. The molecule has 1 N–H and O–H groups in total. The van der Waals surface area contributed by atoms with Crippen molar-refractivity contribution >= 4 is 5.78 Å². The SMILES string of the molecule is CC(=O)C(CC(C)C)(CC(C)C)N=N. The van der Waals surface area contributed by atoms with Gasteiger partial charge >= 0.3 is 0 Å². The minimum Gasteiger partial charge on any atom is -0.297 e. The maximum absolute atomic E-state index is 11.6. The molecule has 0 aliphatic carbocycles. The van der Waals surface area contributed by atoms with Crippen molar-refractivity contribution in [2.75, 3.05) is 0 Å². The molecule has 0 aliphatic rings. The van der Waals surface area contributed by atoms with Crippen LogP contribution in [-0.2, 0) is 4.79 Å². The molecule has 0 saturated carbocycles. The fourth-order valence-electron chi connectivity index (χ4n) is 1.89. The Balaban J connectivity index is 4.78. The maximum Gasteiger partial charge on any atom is 0.159 e. The average Bonchev–Trinajstić information content (AvgIpc) is 2.00. The van der Waals surface area contributed by atoms with Crippen LogP contribution in [0.4, 0.5) is 0 Å². The van der Waals surface area contributed by atoms with Crippen LogP contribution in [0.15, 0.2) is 5.11 Å². The van der Waals surface area contributed by atoms with Crippen molar-refractivity contribution in [3.63, 3.8) is 0 Å². The topological polar surface area (TPSA) is 53.3 Å². The molecule has 0 aromatic heterocycles. The molecule has 0 aliphatic heterocycles. The van der Waals surface area contributed by atoms with Gasteiger partial charge in [0.1, 0.15) is 5.54 Å². The van der Waals surface area contributed by atoms with Crippen LogP contribution in [0.1, 0.15) is 47.5 Å². The lowest BCUT2D eigenvalue weighted by Crippen LogP contribution is -2.37. The van der Waals surface area contributed by atoms with Crippen molar-refractivity contribution in [3.8, 4) is 0 Å². The summed E-state index contributed by atoms with van der Waals surface area (Å²) in [6.45, 7) is 9.78. The molecule has 0 radical (unpaired) electrons. The first-order valence-corrected chi connectivity index (χ1v) is 5.23. The van der Waals surface area contributed by atoms with Gasteiger partial charge in [0.15, 0.2) is 5.78 Å². The van der Waals surface area contributed by atoms with Gasteiger partial charge in [0.2, 0.25) is 0 Å². The van der Waals surface area contributed by atoms with E-state index in [-0.39, 0.29) is 5.78 Å². The molecular formula is C11H22N2O. The van der Waals surface area contributed by atoms with Gasteiger partial charge in [-0.25, -0.2) is 5.53 Å². The molecule has 14 heavy (non-hydrogen) atoms. The molecule has 82 valence electrons. The molecule has 0 unspecified atom stereocenters. The number of hydrogen-bond acceptors (Lipinski definition) is 3. The average molecular weight is 198 g/mol. The highest BCUT2D eigenvalue weighted by molar-refractivity contribution is 5.86. The molecule has 0 fully saturated rings. The summed E-state index contributed by atoms with van der Waals surface area (Å²) in [5, 5.41) is 3.60. The van der Waals surface area contributed by atoms with Gasteiger partial charge in [0.05, 0.1) is 0 Å². The van der Waals surface area contributed by atoms with E-state index in [1.165, 1.54) is 0 Å². The van der Waals surface area contributed by atoms with Crippen molar-refractivity contribution in [3.05, 3.63) is 0 Å². The minimum atomic E-state index is -0.762. The maximum atomic E-state index is 11.6. The number of carbonyl (C=O) groups excluding carboxylic acids is 1. The molecule has 3 nitrogen and oxygen atoms in total. The third-order valence-electron chi connectivity index (χ3n) is 2.36. The zero-order valence-corrected chi connectivity index (χ0v) is 9.92. The summed E-state index contributed by atoms with van der Waals surface area (Å²) in [5.74, 6) is 0.813. The van der Waals surface area contributed by atoms with Gasteiger partial charge in [-0.15, -0.1) is 0 Å². The fourth-order valence-corrected chi connectivity index (χ4v) is 1.89. The first-order chi connectivity index (χ1) is 6.34. The normalized spacial score (nSPS) is 12.2. The standard InChI is InChI=1S/C11H22N2O/c1-8(2)6-11(13-12,10(5)14)7-9(3)4/h8-9,12H,6-7H2,1-5H3. The Labute approximate surface area is 86.8 Å². The smallest absolute Gasteiger partial charge is 0.159 e. The molecule has 0 aromatic carbocycles. The van der Waals surface area contributed by atoms with Crippen LogP contribution in [0.25, 0.3) is 0 Å². The van der Waals surface area contributed by atoms with Crippen molar-refractivity contribution in [2.24, 2.45) is 17.0 Å². The predicted molar refractivity (Wildman–Crippen MR) is 57.5 cm³/mol. The lowest BCUT2D eigenvalue weighted by atomic mass is 9.80. The molecule has 0 spiro atoms. The van der Waals surface area contributed by atoms with E-state index >= 15 is 0 Å². The van der Waals surface area contributed by atoms with Gasteiger partial charge in [-0.1, -0.05) is 27.7 Å². The van der Waals surface area contributed by atoms with Gasteiger partial charge in [-0.3, -0.25) is 4.79 Å². The highest BCUT2D eigenvalue weighted by Gasteiger charge is 2.36. The largest absolute Gasteiger partial charge is 0.297 e. The van der Waals surface area contributed by atoms with Gasteiger partial charge in [0, 0.05) is 0 Å². The fraction of sp³-hybridized carbons (Fsp3) is 0.909. The Morgan fingerprint density at radius 1 is 1.21 bits per heavy atom. The van der Waals surface area contributed by atoms with E-state index in [9.17, 15) is 4.79 Å². The summed E-state index contributed by atoms with van der Waals surface area (Å²) in [4.78, 5) is 11.6. The van der Waals surface area contributed by atoms with E-state index in [1.807, 2.05) is 0 Å². The Hall–Kier alpha value is -0.730. The molecule has 0 saturated heterocycles. The van der Waals surface area contributed by atoms with Crippen LogP contribution in [0.5, 0.6) is 0 Å². The quantitative estimate of drug-likeness (QED) is 0.653. The van der Waals surface area contributed by atoms with Crippen LogP contribution < -0.4 is 0 Å². The first kappa shape index (κ1) is 13.3. The molecular weight excluding hydrogens is 176 g/mol. The molecule has 0 aromatic rings. The lowest BCUT2D eigenvalue weighted by Gasteiger charge is -2.28. The number of hydrogen-bond donors (Lipinski definition) is 1. The van der Waals surface area contributed by atoms with E-state index in [1.54, 1.807) is 6.92 Å². The van der Waals surface area contributed by atoms with Gasteiger partial charge in [-0.05, 0) is 31.6 Å². The number of nitrogens with zero attached hydrogens (tertiary/aromatic N) is 1. The summed E-state index contributed by atoms with van der Waals surface area (Å²) in [5.41, 5.74) is 6.47. The van der Waals surface area contributed by atoms with Crippen LogP contribution in [0, 0.1) is 17.4 Å². The van der Waals surface area contributed by atoms with Crippen LogP contribution in [0.3, 0.4) is 0 Å². The predicted octanol–water partition coefficient (Wildman–Crippen LogP) is 3.44. The van der Waals surface area contributed by atoms with Crippen LogP contribution in [-0.4, -0.2) is 11.3 Å². The second-order valence-corrected chi connectivity index (χ2v) is 4.90. The number of nitrogens with one attached hydrogen (secondary N) is 1. The van der Waals surface area contributed by atoms with Gasteiger partial charge in [-0.2, -0.15) is 5.11 Å². The van der Waals surface area contributed by atoms with E-state index in [0.29, 0.717) is 24.7 Å². The van der Waals surface area contributed by atoms with Crippen molar-refractivity contribution in [2.45, 2.75) is 53.0 Å². The molecule has 0 bridgehead atoms. The number of Topliss-reactive ketones (excluding diaryl/α,β-unsaturated/α-hetero) is 1. The molecule has 0 amide bonds. The first-order valence-electron chi connectivity index (χ1n) is 5.23. The number of rotatable bonds is 6. The summed E-state index contributed by atoms with van der Waals surface area (Å²) in [6.07, 6.45) is 1.37. The molecule has 0 atom stereocenters. The Bertz CT molecular complexity index is 199. The summed E-state index contributed by atoms with van der Waals surface area (Å²) in [6, 6.07) is 0. The highest BCUT2D eigenvalue weighted by atomic mass is 16.1. The van der Waals surface area contributed by atoms with Gasteiger partial charge in [0.25, 0.3) is 0 Å². The molecule has 3 heteroatoms. The van der Waals surface area contributed by atoms with Gasteiger partial charge < -0.3 is 0 Å².